The van der Waals surface area contributed by atoms with E-state index in [1.165, 1.54) is 11.3 Å². The number of benzene rings is 1. The van der Waals surface area contributed by atoms with Gasteiger partial charge >= 0.3 is 0 Å². The van der Waals surface area contributed by atoms with E-state index in [0.717, 1.165) is 35.5 Å². The molecule has 0 saturated heterocycles. The highest BCUT2D eigenvalue weighted by Gasteiger charge is 2.38. The first-order chi connectivity index (χ1) is 11.5. The molecule has 1 aliphatic carbocycles. The van der Waals surface area contributed by atoms with Gasteiger partial charge in [0.05, 0.1) is 22.7 Å². The molecule has 2 aromatic heterocycles. The summed E-state index contributed by atoms with van der Waals surface area (Å²) >= 11 is 13.7. The van der Waals surface area contributed by atoms with Crippen LogP contribution in [0.1, 0.15) is 36.7 Å². The molecule has 0 radical (unpaired) electrons. The van der Waals surface area contributed by atoms with Gasteiger partial charge in [-0.3, -0.25) is 0 Å². The Bertz CT molecular complexity index is 888. The molecule has 0 atom stereocenters. The standard InChI is InChI=1S/C16H14Cl2N4OS/c17-9-2-3-11(12(18)6-9)14-20-10(8-24-14)7-13-21-15(22-23-13)16(19)4-1-5-16/h2-3,6,8H,1,4-5,7,19H2. The summed E-state index contributed by atoms with van der Waals surface area (Å²) in [7, 11) is 0. The van der Waals surface area contributed by atoms with Crippen molar-refractivity contribution in [1.29, 1.82) is 0 Å². The van der Waals surface area contributed by atoms with Gasteiger partial charge in [0.1, 0.15) is 5.01 Å². The summed E-state index contributed by atoms with van der Waals surface area (Å²) in [5, 5.41) is 8.01. The van der Waals surface area contributed by atoms with Crippen LogP contribution in [0, 0.1) is 0 Å². The Kier molecular flexibility index (Phi) is 4.08. The van der Waals surface area contributed by atoms with Crippen LogP contribution in [0.25, 0.3) is 10.6 Å². The number of rotatable bonds is 4. The maximum Gasteiger partial charge on any atom is 0.232 e. The molecule has 0 spiro atoms. The minimum absolute atomic E-state index is 0.411. The fraction of sp³-hybridized carbons (Fsp3) is 0.312. The molecule has 2 N–H and O–H groups in total. The zero-order chi connectivity index (χ0) is 16.7. The molecule has 1 aliphatic rings. The first kappa shape index (κ1) is 16.0. The third kappa shape index (κ3) is 2.95. The first-order valence-corrected chi connectivity index (χ1v) is 9.19. The van der Waals surface area contributed by atoms with E-state index in [9.17, 15) is 0 Å². The van der Waals surface area contributed by atoms with Gasteiger partial charge in [0.2, 0.25) is 5.89 Å². The van der Waals surface area contributed by atoms with Crippen molar-refractivity contribution in [2.45, 2.75) is 31.2 Å². The van der Waals surface area contributed by atoms with E-state index in [-0.39, 0.29) is 0 Å². The van der Waals surface area contributed by atoms with Gasteiger partial charge in [0.15, 0.2) is 5.82 Å². The van der Waals surface area contributed by atoms with Gasteiger partial charge in [-0.1, -0.05) is 28.4 Å². The SMILES string of the molecule is NC1(c2noc(Cc3csc(-c4ccc(Cl)cc4Cl)n3)n2)CCC1. The Morgan fingerprint density at radius 1 is 1.25 bits per heavy atom. The molecule has 124 valence electrons. The Hall–Kier alpha value is -1.47. The Morgan fingerprint density at radius 2 is 2.08 bits per heavy atom. The smallest absolute Gasteiger partial charge is 0.232 e. The summed E-state index contributed by atoms with van der Waals surface area (Å²) in [5.74, 6) is 1.13. The average molecular weight is 381 g/mol. The summed E-state index contributed by atoms with van der Waals surface area (Å²) in [6.07, 6.45) is 3.40. The number of thiazole rings is 1. The van der Waals surface area contributed by atoms with Crippen LogP contribution < -0.4 is 5.73 Å². The van der Waals surface area contributed by atoms with Crippen molar-refractivity contribution in [3.8, 4) is 10.6 Å². The quantitative estimate of drug-likeness (QED) is 0.724. The first-order valence-electron chi connectivity index (χ1n) is 7.55. The normalized spacial score (nSPS) is 16.1. The third-order valence-electron chi connectivity index (χ3n) is 4.20. The minimum Gasteiger partial charge on any atom is -0.339 e. The lowest BCUT2D eigenvalue weighted by Gasteiger charge is -2.34. The number of nitrogens with two attached hydrogens (primary N) is 1. The summed E-state index contributed by atoms with van der Waals surface area (Å²) < 4.78 is 5.33. The van der Waals surface area contributed by atoms with Crippen molar-refractivity contribution in [2.75, 3.05) is 0 Å². The summed E-state index contributed by atoms with van der Waals surface area (Å²) in [5.41, 5.74) is 7.52. The fourth-order valence-electron chi connectivity index (χ4n) is 2.64. The molecular weight excluding hydrogens is 367 g/mol. The van der Waals surface area contributed by atoms with E-state index in [1.54, 1.807) is 12.1 Å². The molecule has 0 unspecified atom stereocenters. The molecular formula is C16H14Cl2N4OS. The van der Waals surface area contributed by atoms with Crippen LogP contribution in [-0.4, -0.2) is 15.1 Å². The average Bonchev–Trinajstić information content (AvgIpc) is 3.15. The maximum absolute atomic E-state index is 6.24. The molecule has 3 aromatic rings. The van der Waals surface area contributed by atoms with Gasteiger partial charge in [-0.05, 0) is 37.5 Å². The largest absolute Gasteiger partial charge is 0.339 e. The molecule has 0 bridgehead atoms. The van der Waals surface area contributed by atoms with Gasteiger partial charge in [-0.2, -0.15) is 4.98 Å². The second kappa shape index (κ2) is 6.11. The molecule has 0 amide bonds. The molecule has 5 nitrogen and oxygen atoms in total. The summed E-state index contributed by atoms with van der Waals surface area (Å²) in [6, 6.07) is 5.38. The molecule has 4 rings (SSSR count). The van der Waals surface area contributed by atoms with Gasteiger partial charge in [-0.25, -0.2) is 4.98 Å². The molecule has 1 saturated carbocycles. The van der Waals surface area contributed by atoms with Crippen LogP contribution in [0.3, 0.4) is 0 Å². The summed E-state index contributed by atoms with van der Waals surface area (Å²) in [6.45, 7) is 0. The van der Waals surface area contributed by atoms with Crippen molar-refractivity contribution in [1.82, 2.24) is 15.1 Å². The zero-order valence-corrected chi connectivity index (χ0v) is 15.0. The van der Waals surface area contributed by atoms with Crippen molar-refractivity contribution in [3.05, 3.63) is 51.0 Å². The monoisotopic (exact) mass is 380 g/mol. The number of nitrogens with zero attached hydrogens (tertiary/aromatic N) is 3. The van der Waals surface area contributed by atoms with Crippen molar-refractivity contribution < 1.29 is 4.52 Å². The molecule has 0 aliphatic heterocycles. The topological polar surface area (TPSA) is 77.8 Å². The van der Waals surface area contributed by atoms with E-state index in [0.29, 0.717) is 28.2 Å². The van der Waals surface area contributed by atoms with Gasteiger partial charge in [0.25, 0.3) is 0 Å². The predicted octanol–water partition coefficient (Wildman–Crippen LogP) is 4.43. The molecule has 1 aromatic carbocycles. The van der Waals surface area contributed by atoms with Crippen LogP contribution >= 0.6 is 34.5 Å². The van der Waals surface area contributed by atoms with Crippen LogP contribution in [0.2, 0.25) is 10.0 Å². The van der Waals surface area contributed by atoms with E-state index < -0.39 is 5.54 Å². The van der Waals surface area contributed by atoms with E-state index >= 15 is 0 Å². The van der Waals surface area contributed by atoms with Gasteiger partial charge < -0.3 is 10.3 Å². The number of aromatic nitrogens is 3. The Labute approximate surface area is 152 Å². The van der Waals surface area contributed by atoms with Crippen molar-refractivity contribution in [3.63, 3.8) is 0 Å². The summed E-state index contributed by atoms with van der Waals surface area (Å²) in [4.78, 5) is 9.03. The van der Waals surface area contributed by atoms with Gasteiger partial charge in [0, 0.05) is 16.0 Å². The number of hydrogen-bond acceptors (Lipinski definition) is 6. The van der Waals surface area contributed by atoms with E-state index in [2.05, 4.69) is 15.1 Å². The number of hydrogen-bond donors (Lipinski definition) is 1. The molecule has 24 heavy (non-hydrogen) atoms. The molecule has 1 fully saturated rings. The highest BCUT2D eigenvalue weighted by molar-refractivity contribution is 7.13. The van der Waals surface area contributed by atoms with E-state index in [1.807, 2.05) is 11.4 Å². The lowest BCUT2D eigenvalue weighted by molar-refractivity contribution is 0.229. The molecule has 8 heteroatoms. The van der Waals surface area contributed by atoms with Gasteiger partial charge in [-0.15, -0.1) is 11.3 Å². The number of halogens is 2. The highest BCUT2D eigenvalue weighted by atomic mass is 35.5. The lowest BCUT2D eigenvalue weighted by Crippen LogP contribution is -2.44. The Morgan fingerprint density at radius 3 is 2.79 bits per heavy atom. The van der Waals surface area contributed by atoms with Crippen LogP contribution in [0.4, 0.5) is 0 Å². The minimum atomic E-state index is -0.411. The highest BCUT2D eigenvalue weighted by Crippen LogP contribution is 2.37. The van der Waals surface area contributed by atoms with E-state index in [4.69, 9.17) is 33.5 Å². The van der Waals surface area contributed by atoms with Crippen molar-refractivity contribution >= 4 is 34.5 Å². The molecule has 2 heterocycles. The van der Waals surface area contributed by atoms with Crippen LogP contribution in [-0.2, 0) is 12.0 Å². The third-order valence-corrected chi connectivity index (χ3v) is 5.68. The maximum atomic E-state index is 6.24. The van der Waals surface area contributed by atoms with Crippen LogP contribution in [0.15, 0.2) is 28.1 Å². The Balaban J connectivity index is 1.53. The lowest BCUT2D eigenvalue weighted by atomic mass is 9.77. The fourth-order valence-corrected chi connectivity index (χ4v) is 4.05. The predicted molar refractivity (Wildman–Crippen MR) is 94.4 cm³/mol. The zero-order valence-electron chi connectivity index (χ0n) is 12.6. The van der Waals surface area contributed by atoms with Crippen molar-refractivity contribution in [2.24, 2.45) is 5.73 Å². The second-order valence-corrected chi connectivity index (χ2v) is 7.67. The second-order valence-electron chi connectivity index (χ2n) is 5.97. The van der Waals surface area contributed by atoms with Crippen LogP contribution in [0.5, 0.6) is 0 Å².